The zero-order valence-corrected chi connectivity index (χ0v) is 9.58. The third-order valence-corrected chi connectivity index (χ3v) is 10.1. The van der Waals surface area contributed by atoms with Crippen molar-refractivity contribution in [3.63, 3.8) is 0 Å². The van der Waals surface area contributed by atoms with E-state index in [9.17, 15) is 0 Å². The van der Waals surface area contributed by atoms with Gasteiger partial charge in [0.25, 0.3) is 0 Å². The van der Waals surface area contributed by atoms with Gasteiger partial charge in [-0.1, -0.05) is 0 Å². The Hall–Kier alpha value is 0.814. The summed E-state index contributed by atoms with van der Waals surface area (Å²) in [4.78, 5) is 0. The molecule has 0 N–H and O–H groups in total. The van der Waals surface area contributed by atoms with Gasteiger partial charge < -0.3 is 0 Å². The Labute approximate surface area is 76.8 Å². The Bertz CT molecular complexity index is 116. The van der Waals surface area contributed by atoms with E-state index in [2.05, 4.69) is 58.2 Å². The minimum absolute atomic E-state index is 0. The van der Waals surface area contributed by atoms with Crippen molar-refractivity contribution in [1.82, 2.24) is 0 Å². The summed E-state index contributed by atoms with van der Waals surface area (Å²) in [6.07, 6.45) is -0.982. The van der Waals surface area contributed by atoms with E-state index in [-0.39, 0.29) is 1.43 Å². The maximum atomic E-state index is 2.48. The first-order chi connectivity index (χ1) is 4.19. The van der Waals surface area contributed by atoms with Gasteiger partial charge in [0.1, 0.15) is 0 Å². The quantitative estimate of drug-likeness (QED) is 0.506. The van der Waals surface area contributed by atoms with Crippen molar-refractivity contribution in [3.05, 3.63) is 0 Å². The van der Waals surface area contributed by atoms with Gasteiger partial charge in [-0.25, -0.2) is 0 Å². The average Bonchev–Trinajstić information content (AvgIpc) is 1.62. The maximum absolute atomic E-state index is 2.48. The Morgan fingerprint density at radius 2 is 1.60 bits per heavy atom. The molecule has 0 amide bonds. The van der Waals surface area contributed by atoms with Gasteiger partial charge in [-0.2, -0.15) is 0 Å². The second kappa shape index (κ2) is 3.05. The molecule has 1 unspecified atom stereocenters. The van der Waals surface area contributed by atoms with Crippen molar-refractivity contribution < 1.29 is 1.43 Å². The molecule has 2 heteroatoms. The number of hydrogen-bond acceptors (Lipinski definition) is 0. The molecule has 0 saturated carbocycles. The first-order valence-electron chi connectivity index (χ1n) is 4.19. The van der Waals surface area contributed by atoms with E-state index in [1.165, 1.54) is 0 Å². The molecule has 0 saturated heterocycles. The SMILES string of the molecule is [HH].[Li][Si](C)(C(C)C)C(C)(C)C. The topological polar surface area (TPSA) is 0 Å². The zero-order chi connectivity index (χ0) is 8.58. The van der Waals surface area contributed by atoms with Gasteiger partial charge in [0.2, 0.25) is 0 Å². The molecule has 1 atom stereocenters. The van der Waals surface area contributed by atoms with Crippen LogP contribution in [0, 0.1) is 0 Å². The van der Waals surface area contributed by atoms with Gasteiger partial charge in [-0.05, 0) is 0 Å². The monoisotopic (exact) mass is 152 g/mol. The van der Waals surface area contributed by atoms with Crippen molar-refractivity contribution in [2.45, 2.75) is 51.7 Å². The van der Waals surface area contributed by atoms with Crippen LogP contribution >= 0.6 is 0 Å². The first kappa shape index (κ1) is 10.8. The average molecular weight is 152 g/mol. The summed E-state index contributed by atoms with van der Waals surface area (Å²) in [5.41, 5.74) is 0.896. The third kappa shape index (κ3) is 2.15. The van der Waals surface area contributed by atoms with Gasteiger partial charge >= 0.3 is 75.2 Å². The summed E-state index contributed by atoms with van der Waals surface area (Å²) >= 11 is 2.48. The summed E-state index contributed by atoms with van der Waals surface area (Å²) < 4.78 is 0. The Kier molecular flexibility index (Phi) is 3.30. The second-order valence-electron chi connectivity index (χ2n) is 5.13. The van der Waals surface area contributed by atoms with E-state index in [1.807, 2.05) is 0 Å². The van der Waals surface area contributed by atoms with Crippen molar-refractivity contribution in [2.24, 2.45) is 0 Å². The van der Waals surface area contributed by atoms with Crippen LogP contribution < -0.4 is 0 Å². The predicted molar refractivity (Wildman–Crippen MR) is 54.3 cm³/mol. The molecule has 0 rings (SSSR count). The molecule has 0 fully saturated rings. The van der Waals surface area contributed by atoms with Crippen LogP contribution in [0.2, 0.25) is 17.1 Å². The van der Waals surface area contributed by atoms with Gasteiger partial charge in [0.05, 0.1) is 0 Å². The van der Waals surface area contributed by atoms with Crippen molar-refractivity contribution in [1.29, 1.82) is 0 Å². The van der Waals surface area contributed by atoms with Crippen molar-refractivity contribution in [2.75, 3.05) is 0 Å². The van der Waals surface area contributed by atoms with E-state index in [1.54, 1.807) is 0 Å². The molecular weight excluding hydrogens is 131 g/mol. The summed E-state index contributed by atoms with van der Waals surface area (Å²) in [6.45, 7) is 14.3. The molecule has 0 nitrogen and oxygen atoms in total. The third-order valence-electron chi connectivity index (χ3n) is 3.38. The van der Waals surface area contributed by atoms with Crippen LogP contribution in [0.5, 0.6) is 0 Å². The van der Waals surface area contributed by atoms with Gasteiger partial charge in [-0.15, -0.1) is 0 Å². The van der Waals surface area contributed by atoms with Crippen LogP contribution in [-0.4, -0.2) is 23.4 Å². The fourth-order valence-corrected chi connectivity index (χ4v) is 2.60. The van der Waals surface area contributed by atoms with Crippen LogP contribution in [0.4, 0.5) is 0 Å². The molecule has 0 aliphatic heterocycles. The molecule has 0 spiro atoms. The summed E-state index contributed by atoms with van der Waals surface area (Å²) in [6, 6.07) is 0. The van der Waals surface area contributed by atoms with E-state index < -0.39 is 6.40 Å². The van der Waals surface area contributed by atoms with Crippen LogP contribution in [-0.2, 0) is 0 Å². The Balaban J connectivity index is 0. The first-order valence-corrected chi connectivity index (χ1v) is 7.27. The zero-order valence-electron chi connectivity index (χ0n) is 8.58. The molecule has 58 valence electrons. The van der Waals surface area contributed by atoms with Gasteiger partial charge in [-0.3, -0.25) is 0 Å². The van der Waals surface area contributed by atoms with E-state index in [0.717, 1.165) is 5.54 Å². The molecule has 0 bridgehead atoms. The molecular formula is C8H21LiSi. The molecule has 0 heterocycles. The molecule has 0 aromatic carbocycles. The second-order valence-corrected chi connectivity index (χ2v) is 11.2. The van der Waals surface area contributed by atoms with Crippen LogP contribution in [0.15, 0.2) is 0 Å². The van der Waals surface area contributed by atoms with Crippen LogP contribution in [0.1, 0.15) is 36.0 Å². The van der Waals surface area contributed by atoms with E-state index in [0.29, 0.717) is 5.04 Å². The van der Waals surface area contributed by atoms with Crippen molar-refractivity contribution >= 4 is 23.4 Å². The molecule has 0 aromatic heterocycles. The molecule has 10 heavy (non-hydrogen) atoms. The Morgan fingerprint density at radius 1 is 1.30 bits per heavy atom. The van der Waals surface area contributed by atoms with Gasteiger partial charge in [0, 0.05) is 1.43 Å². The number of rotatable bonds is 1. The molecule has 0 radical (unpaired) electrons. The molecule has 0 aromatic rings. The Morgan fingerprint density at radius 3 is 1.60 bits per heavy atom. The van der Waals surface area contributed by atoms with E-state index >= 15 is 0 Å². The normalized spacial score (nSPS) is 19.3. The summed E-state index contributed by atoms with van der Waals surface area (Å²) in [5, 5.41) is 0.557. The fraction of sp³-hybridized carbons (Fsp3) is 1.00. The van der Waals surface area contributed by atoms with E-state index in [4.69, 9.17) is 0 Å². The predicted octanol–water partition coefficient (Wildman–Crippen LogP) is 3.19. The van der Waals surface area contributed by atoms with Gasteiger partial charge in [0.15, 0.2) is 0 Å². The fourth-order valence-electron chi connectivity index (χ4n) is 0.866. The van der Waals surface area contributed by atoms with Crippen LogP contribution in [0.3, 0.4) is 0 Å². The molecule has 0 aliphatic carbocycles. The standard InChI is InChI=1S/C8H19Si.Li.H2/c1-7(2)9(6)8(3,4)5;;/h7H,1-6H3;;1H. The minimum atomic E-state index is -0.982. The van der Waals surface area contributed by atoms with Crippen LogP contribution in [0.25, 0.3) is 0 Å². The summed E-state index contributed by atoms with van der Waals surface area (Å²) in [7, 11) is 0. The van der Waals surface area contributed by atoms with Crippen molar-refractivity contribution in [3.8, 4) is 0 Å². The number of hydrogen-bond donors (Lipinski definition) is 0. The molecule has 0 aliphatic rings. The summed E-state index contributed by atoms with van der Waals surface area (Å²) in [5.74, 6) is 0.